The molecule has 0 aliphatic carbocycles. The van der Waals surface area contributed by atoms with Crippen molar-refractivity contribution in [1.29, 1.82) is 0 Å². The summed E-state index contributed by atoms with van der Waals surface area (Å²) >= 11 is 0. The summed E-state index contributed by atoms with van der Waals surface area (Å²) in [7, 11) is 0. The Balaban J connectivity index is 2.03. The minimum Gasteiger partial charge on any atom is -0.392 e. The first-order valence-electron chi connectivity index (χ1n) is 6.62. The lowest BCUT2D eigenvalue weighted by molar-refractivity contribution is 0.101. The molecule has 1 atom stereocenters. The summed E-state index contributed by atoms with van der Waals surface area (Å²) in [5.41, 5.74) is 0. The van der Waals surface area contributed by atoms with Gasteiger partial charge in [0.1, 0.15) is 0 Å². The molecule has 1 aromatic heterocycles. The Morgan fingerprint density at radius 2 is 2.12 bits per heavy atom. The van der Waals surface area contributed by atoms with Gasteiger partial charge in [-0.1, -0.05) is 26.7 Å². The fourth-order valence-electron chi connectivity index (χ4n) is 2.06. The predicted octanol–water partition coefficient (Wildman–Crippen LogP) is 1.66. The molecule has 0 bridgehead atoms. The summed E-state index contributed by atoms with van der Waals surface area (Å²) in [6.45, 7) is 6.90. The third-order valence-electron chi connectivity index (χ3n) is 3.28. The van der Waals surface area contributed by atoms with Crippen molar-refractivity contribution in [1.82, 2.24) is 14.9 Å². The molecule has 1 unspecified atom stereocenters. The van der Waals surface area contributed by atoms with Crippen molar-refractivity contribution in [2.24, 2.45) is 5.92 Å². The van der Waals surface area contributed by atoms with Crippen LogP contribution < -0.4 is 5.32 Å². The van der Waals surface area contributed by atoms with E-state index in [0.717, 1.165) is 32.4 Å². The number of aliphatic hydroxyl groups is 1. The highest BCUT2D eigenvalue weighted by molar-refractivity contribution is 4.74. The number of hydrogen-bond donors (Lipinski definition) is 2. The molecule has 17 heavy (non-hydrogen) atoms. The number of nitrogens with one attached hydrogen (secondary N) is 1. The molecule has 4 nitrogen and oxygen atoms in total. The third kappa shape index (κ3) is 5.33. The number of hydrogen-bond acceptors (Lipinski definition) is 3. The van der Waals surface area contributed by atoms with Gasteiger partial charge in [-0.05, 0) is 18.9 Å². The van der Waals surface area contributed by atoms with Crippen LogP contribution in [0.2, 0.25) is 0 Å². The summed E-state index contributed by atoms with van der Waals surface area (Å²) in [6, 6.07) is 0. The molecule has 4 heteroatoms. The third-order valence-corrected chi connectivity index (χ3v) is 3.28. The van der Waals surface area contributed by atoms with Crippen LogP contribution in [-0.2, 0) is 6.54 Å². The monoisotopic (exact) mass is 239 g/mol. The highest BCUT2D eigenvalue weighted by atomic mass is 16.3. The Labute approximate surface area is 104 Å². The zero-order valence-corrected chi connectivity index (χ0v) is 11.0. The second-order valence-electron chi connectivity index (χ2n) is 4.50. The summed E-state index contributed by atoms with van der Waals surface area (Å²) in [5, 5.41) is 13.2. The minimum absolute atomic E-state index is 0.210. The second-order valence-corrected chi connectivity index (χ2v) is 4.50. The number of imidazole rings is 1. The van der Waals surface area contributed by atoms with Crippen molar-refractivity contribution in [3.63, 3.8) is 0 Å². The van der Waals surface area contributed by atoms with Crippen LogP contribution in [0.25, 0.3) is 0 Å². The largest absolute Gasteiger partial charge is 0.392 e. The predicted molar refractivity (Wildman–Crippen MR) is 69.8 cm³/mol. The van der Waals surface area contributed by atoms with Crippen LogP contribution >= 0.6 is 0 Å². The van der Waals surface area contributed by atoms with Gasteiger partial charge in [-0.3, -0.25) is 0 Å². The molecule has 0 aliphatic heterocycles. The van der Waals surface area contributed by atoms with E-state index in [1.54, 1.807) is 6.20 Å². The maximum Gasteiger partial charge on any atom is 0.0945 e. The SMILES string of the molecule is CCC(CC)C(O)CNCCCn1ccnc1. The standard InChI is InChI=1S/C13H25N3O/c1-3-12(4-2)13(17)10-14-6-5-8-16-9-7-15-11-16/h7,9,11-14,17H,3-6,8,10H2,1-2H3. The van der Waals surface area contributed by atoms with Gasteiger partial charge in [0.25, 0.3) is 0 Å². The number of aliphatic hydroxyl groups excluding tert-OH is 1. The van der Waals surface area contributed by atoms with Crippen LogP contribution in [0.5, 0.6) is 0 Å². The van der Waals surface area contributed by atoms with Gasteiger partial charge in [0.15, 0.2) is 0 Å². The first-order chi connectivity index (χ1) is 8.27. The van der Waals surface area contributed by atoms with E-state index in [-0.39, 0.29) is 6.10 Å². The molecule has 0 amide bonds. The Kier molecular flexibility index (Phi) is 6.89. The maximum absolute atomic E-state index is 9.91. The smallest absolute Gasteiger partial charge is 0.0945 e. The van der Waals surface area contributed by atoms with Gasteiger partial charge in [0.2, 0.25) is 0 Å². The van der Waals surface area contributed by atoms with Gasteiger partial charge < -0.3 is 15.0 Å². The van der Waals surface area contributed by atoms with Crippen molar-refractivity contribution < 1.29 is 5.11 Å². The van der Waals surface area contributed by atoms with E-state index in [2.05, 4.69) is 28.7 Å². The molecule has 0 fully saturated rings. The Morgan fingerprint density at radius 1 is 1.35 bits per heavy atom. The van der Waals surface area contributed by atoms with Crippen molar-refractivity contribution in [2.45, 2.75) is 45.8 Å². The van der Waals surface area contributed by atoms with Crippen LogP contribution in [0, 0.1) is 5.92 Å². The molecular weight excluding hydrogens is 214 g/mol. The van der Waals surface area contributed by atoms with Crippen molar-refractivity contribution in [3.8, 4) is 0 Å². The average molecular weight is 239 g/mol. The molecule has 1 aromatic rings. The van der Waals surface area contributed by atoms with Crippen LogP contribution in [0.15, 0.2) is 18.7 Å². The molecule has 0 radical (unpaired) electrons. The quantitative estimate of drug-likeness (QED) is 0.644. The van der Waals surface area contributed by atoms with E-state index in [1.165, 1.54) is 0 Å². The van der Waals surface area contributed by atoms with Crippen molar-refractivity contribution in [2.75, 3.05) is 13.1 Å². The molecule has 0 saturated carbocycles. The summed E-state index contributed by atoms with van der Waals surface area (Å²) in [6.07, 6.45) is 8.55. The molecule has 0 aliphatic rings. The first kappa shape index (κ1) is 14.2. The van der Waals surface area contributed by atoms with Crippen molar-refractivity contribution >= 4 is 0 Å². The number of rotatable bonds is 9. The molecular formula is C13H25N3O. The van der Waals surface area contributed by atoms with Gasteiger partial charge in [-0.2, -0.15) is 0 Å². The Bertz CT molecular complexity index is 270. The van der Waals surface area contributed by atoms with E-state index < -0.39 is 0 Å². The molecule has 0 saturated heterocycles. The molecule has 1 rings (SSSR count). The highest BCUT2D eigenvalue weighted by Gasteiger charge is 2.14. The topological polar surface area (TPSA) is 50.1 Å². The van der Waals surface area contributed by atoms with E-state index in [9.17, 15) is 5.11 Å². The molecule has 0 aromatic carbocycles. The van der Waals surface area contributed by atoms with Crippen LogP contribution in [0.3, 0.4) is 0 Å². The summed E-state index contributed by atoms with van der Waals surface area (Å²) < 4.78 is 2.07. The van der Waals surface area contributed by atoms with Gasteiger partial charge in [0.05, 0.1) is 12.4 Å². The fourth-order valence-corrected chi connectivity index (χ4v) is 2.06. The Morgan fingerprint density at radius 3 is 2.71 bits per heavy atom. The maximum atomic E-state index is 9.91. The Hall–Kier alpha value is -0.870. The molecule has 0 spiro atoms. The lowest BCUT2D eigenvalue weighted by atomic mass is 9.96. The normalized spacial score (nSPS) is 13.2. The molecule has 1 heterocycles. The molecule has 98 valence electrons. The van der Waals surface area contributed by atoms with Gasteiger partial charge in [0, 0.05) is 25.5 Å². The van der Waals surface area contributed by atoms with E-state index >= 15 is 0 Å². The lowest BCUT2D eigenvalue weighted by Crippen LogP contribution is -2.33. The van der Waals surface area contributed by atoms with E-state index in [1.807, 2.05) is 12.5 Å². The van der Waals surface area contributed by atoms with E-state index in [4.69, 9.17) is 0 Å². The van der Waals surface area contributed by atoms with Gasteiger partial charge >= 0.3 is 0 Å². The second kappa shape index (κ2) is 8.25. The average Bonchev–Trinajstić information content (AvgIpc) is 2.83. The van der Waals surface area contributed by atoms with Gasteiger partial charge in [-0.15, -0.1) is 0 Å². The van der Waals surface area contributed by atoms with Crippen molar-refractivity contribution in [3.05, 3.63) is 18.7 Å². The minimum atomic E-state index is -0.210. The molecule has 2 N–H and O–H groups in total. The number of aromatic nitrogens is 2. The number of nitrogens with zero attached hydrogens (tertiary/aromatic N) is 2. The zero-order valence-electron chi connectivity index (χ0n) is 11.0. The highest BCUT2D eigenvalue weighted by Crippen LogP contribution is 2.12. The number of aryl methyl sites for hydroxylation is 1. The lowest BCUT2D eigenvalue weighted by Gasteiger charge is -2.20. The van der Waals surface area contributed by atoms with E-state index in [0.29, 0.717) is 12.5 Å². The first-order valence-corrected chi connectivity index (χ1v) is 6.62. The fraction of sp³-hybridized carbons (Fsp3) is 0.769. The zero-order chi connectivity index (χ0) is 12.5. The van der Waals surface area contributed by atoms with Crippen LogP contribution in [0.4, 0.5) is 0 Å². The van der Waals surface area contributed by atoms with Crippen LogP contribution in [0.1, 0.15) is 33.1 Å². The van der Waals surface area contributed by atoms with Crippen LogP contribution in [-0.4, -0.2) is 33.9 Å². The summed E-state index contributed by atoms with van der Waals surface area (Å²) in [4.78, 5) is 4.00. The summed E-state index contributed by atoms with van der Waals surface area (Å²) in [5.74, 6) is 0.427. The van der Waals surface area contributed by atoms with Gasteiger partial charge in [-0.25, -0.2) is 4.98 Å².